The van der Waals surface area contributed by atoms with E-state index in [0.29, 0.717) is 29.7 Å². The van der Waals surface area contributed by atoms with Crippen LogP contribution in [0.1, 0.15) is 25.7 Å². The molecule has 9 heteroatoms. The molecule has 0 aromatic carbocycles. The van der Waals surface area contributed by atoms with E-state index in [4.69, 9.17) is 11.6 Å². The van der Waals surface area contributed by atoms with E-state index < -0.39 is 6.04 Å². The number of anilines is 1. The zero-order chi connectivity index (χ0) is 20.5. The van der Waals surface area contributed by atoms with E-state index in [1.807, 2.05) is 4.90 Å². The topological polar surface area (TPSA) is 94.6 Å². The monoisotopic (exact) mass is 419 g/mol. The van der Waals surface area contributed by atoms with Gasteiger partial charge in [-0.15, -0.1) is 0 Å². The van der Waals surface area contributed by atoms with Crippen molar-refractivity contribution in [2.45, 2.75) is 37.8 Å². The normalized spacial score (nSPS) is 29.2. The molecule has 0 unspecified atom stereocenters. The van der Waals surface area contributed by atoms with E-state index in [2.05, 4.69) is 20.5 Å². The van der Waals surface area contributed by atoms with Crippen molar-refractivity contribution in [3.63, 3.8) is 0 Å². The molecule has 4 atom stereocenters. The molecule has 3 amide bonds. The summed E-state index contributed by atoms with van der Waals surface area (Å²) in [6, 6.07) is 2.98. The maximum Gasteiger partial charge on any atom is 0.242 e. The second kappa shape index (κ2) is 8.28. The minimum Gasteiger partial charge on any atom is -0.357 e. The van der Waals surface area contributed by atoms with Crippen molar-refractivity contribution in [1.29, 1.82) is 0 Å². The number of pyridine rings is 1. The van der Waals surface area contributed by atoms with Crippen LogP contribution in [0.15, 0.2) is 18.3 Å². The lowest BCUT2D eigenvalue weighted by Crippen LogP contribution is -2.68. The Kier molecular flexibility index (Phi) is 5.74. The number of piperidine rings is 3. The van der Waals surface area contributed by atoms with Gasteiger partial charge in [-0.1, -0.05) is 11.6 Å². The van der Waals surface area contributed by atoms with Crippen molar-refractivity contribution in [3.8, 4) is 0 Å². The van der Waals surface area contributed by atoms with Gasteiger partial charge in [0.1, 0.15) is 11.9 Å². The number of hydrogen-bond donors (Lipinski definition) is 2. The van der Waals surface area contributed by atoms with Gasteiger partial charge in [0.15, 0.2) is 0 Å². The molecule has 1 aromatic rings. The van der Waals surface area contributed by atoms with Gasteiger partial charge in [-0.25, -0.2) is 4.98 Å². The number of rotatable bonds is 4. The minimum absolute atomic E-state index is 0.0356. The average molecular weight is 420 g/mol. The number of halogens is 1. The van der Waals surface area contributed by atoms with E-state index >= 15 is 0 Å². The standard InChI is InChI=1S/C20H26ClN5O3/c1-22-20(29)19-13-7-12(15-3-2-4-18(28)26(15)19)9-25(10-13)11-17(27)24-16-6-5-14(21)8-23-16/h5-6,8,12-13,15,19H,2-4,7,9-11H2,1H3,(H,22,29)(H,23,24,27)/t12-,13+,15-,19+/m0/s1. The minimum atomic E-state index is -0.446. The highest BCUT2D eigenvalue weighted by molar-refractivity contribution is 6.30. The summed E-state index contributed by atoms with van der Waals surface area (Å²) < 4.78 is 0. The van der Waals surface area contributed by atoms with E-state index in [-0.39, 0.29) is 36.2 Å². The highest BCUT2D eigenvalue weighted by Crippen LogP contribution is 2.41. The average Bonchev–Trinajstić information content (AvgIpc) is 2.70. The molecule has 156 valence electrons. The van der Waals surface area contributed by atoms with E-state index in [9.17, 15) is 14.4 Å². The number of hydrogen-bond acceptors (Lipinski definition) is 5. The van der Waals surface area contributed by atoms with Crippen molar-refractivity contribution in [2.75, 3.05) is 32.0 Å². The quantitative estimate of drug-likeness (QED) is 0.762. The fraction of sp³-hybridized carbons (Fsp3) is 0.600. The molecule has 3 saturated heterocycles. The summed E-state index contributed by atoms with van der Waals surface area (Å²) in [5, 5.41) is 6.04. The van der Waals surface area contributed by atoms with Crippen LogP contribution in [0.5, 0.6) is 0 Å². The lowest BCUT2D eigenvalue weighted by atomic mass is 9.71. The van der Waals surface area contributed by atoms with Crippen LogP contribution >= 0.6 is 11.6 Å². The van der Waals surface area contributed by atoms with E-state index in [0.717, 1.165) is 25.8 Å². The van der Waals surface area contributed by atoms with Gasteiger partial charge in [0.05, 0.1) is 11.6 Å². The van der Waals surface area contributed by atoms with Gasteiger partial charge < -0.3 is 15.5 Å². The molecule has 1 aromatic heterocycles. The molecule has 3 aliphatic heterocycles. The molecule has 2 bridgehead atoms. The number of fused-ring (bicyclic) bond motifs is 4. The number of nitrogens with zero attached hydrogens (tertiary/aromatic N) is 3. The molecule has 8 nitrogen and oxygen atoms in total. The number of likely N-dealkylation sites (tertiary alicyclic amines) is 1. The molecule has 3 aliphatic rings. The second-order valence-corrected chi connectivity index (χ2v) is 8.62. The van der Waals surface area contributed by atoms with Crippen LogP contribution in [0.4, 0.5) is 5.82 Å². The molecular formula is C20H26ClN5O3. The Labute approximate surface area is 175 Å². The van der Waals surface area contributed by atoms with Crippen LogP contribution < -0.4 is 10.6 Å². The van der Waals surface area contributed by atoms with Gasteiger partial charge in [0, 0.05) is 44.7 Å². The van der Waals surface area contributed by atoms with Crippen molar-refractivity contribution >= 4 is 35.1 Å². The molecular weight excluding hydrogens is 394 g/mol. The number of nitrogens with one attached hydrogen (secondary N) is 2. The van der Waals surface area contributed by atoms with Crippen LogP contribution in [0.3, 0.4) is 0 Å². The Bertz CT molecular complexity index is 802. The summed E-state index contributed by atoms with van der Waals surface area (Å²) in [6.07, 6.45) is 4.72. The van der Waals surface area contributed by atoms with Crippen molar-refractivity contribution in [1.82, 2.24) is 20.1 Å². The van der Waals surface area contributed by atoms with Crippen LogP contribution in [0, 0.1) is 11.8 Å². The Morgan fingerprint density at radius 3 is 2.79 bits per heavy atom. The first kappa shape index (κ1) is 20.1. The smallest absolute Gasteiger partial charge is 0.242 e. The number of likely N-dealkylation sites (N-methyl/N-ethyl adjacent to an activating group) is 1. The van der Waals surface area contributed by atoms with Gasteiger partial charge in [0.2, 0.25) is 17.7 Å². The zero-order valence-electron chi connectivity index (χ0n) is 16.4. The predicted octanol–water partition coefficient (Wildman–Crippen LogP) is 1.12. The van der Waals surface area contributed by atoms with Crippen molar-refractivity contribution in [2.24, 2.45) is 11.8 Å². The Balaban J connectivity index is 1.47. The van der Waals surface area contributed by atoms with Crippen LogP contribution in [-0.2, 0) is 14.4 Å². The van der Waals surface area contributed by atoms with Gasteiger partial charge in [-0.3, -0.25) is 19.3 Å². The number of aromatic nitrogens is 1. The van der Waals surface area contributed by atoms with Crippen molar-refractivity contribution < 1.29 is 14.4 Å². The third-order valence-corrected chi connectivity index (χ3v) is 6.52. The van der Waals surface area contributed by atoms with Crippen LogP contribution in [0.2, 0.25) is 5.02 Å². The molecule has 4 heterocycles. The number of amides is 3. The molecule has 0 radical (unpaired) electrons. The summed E-state index contributed by atoms with van der Waals surface area (Å²) in [5.74, 6) is 0.625. The molecule has 29 heavy (non-hydrogen) atoms. The van der Waals surface area contributed by atoms with E-state index in [1.165, 1.54) is 6.20 Å². The summed E-state index contributed by atoms with van der Waals surface area (Å²) in [7, 11) is 1.62. The maximum atomic E-state index is 12.6. The molecule has 0 saturated carbocycles. The van der Waals surface area contributed by atoms with Gasteiger partial charge in [-0.05, 0) is 37.3 Å². The Morgan fingerprint density at radius 2 is 2.07 bits per heavy atom. The highest BCUT2D eigenvalue weighted by atomic mass is 35.5. The summed E-state index contributed by atoms with van der Waals surface area (Å²) in [5.41, 5.74) is 0. The Hall–Kier alpha value is -2.19. The third-order valence-electron chi connectivity index (χ3n) is 6.29. The molecule has 0 aliphatic carbocycles. The van der Waals surface area contributed by atoms with Crippen LogP contribution in [0.25, 0.3) is 0 Å². The zero-order valence-corrected chi connectivity index (χ0v) is 17.2. The largest absolute Gasteiger partial charge is 0.357 e. The fourth-order valence-electron chi connectivity index (χ4n) is 5.20. The van der Waals surface area contributed by atoms with Gasteiger partial charge >= 0.3 is 0 Å². The molecule has 3 fully saturated rings. The van der Waals surface area contributed by atoms with Crippen molar-refractivity contribution in [3.05, 3.63) is 23.4 Å². The van der Waals surface area contributed by atoms with Gasteiger partial charge in [0.25, 0.3) is 0 Å². The van der Waals surface area contributed by atoms with Crippen LogP contribution in [-0.4, -0.2) is 71.3 Å². The van der Waals surface area contributed by atoms with Gasteiger partial charge in [-0.2, -0.15) is 0 Å². The fourth-order valence-corrected chi connectivity index (χ4v) is 5.31. The first-order valence-electron chi connectivity index (χ1n) is 10.1. The summed E-state index contributed by atoms with van der Waals surface area (Å²) in [6.45, 7) is 1.61. The number of carbonyl (C=O) groups is 3. The lowest BCUT2D eigenvalue weighted by Gasteiger charge is -2.55. The highest BCUT2D eigenvalue weighted by Gasteiger charge is 2.51. The summed E-state index contributed by atoms with van der Waals surface area (Å²) in [4.78, 5) is 45.9. The first-order valence-corrected chi connectivity index (χ1v) is 10.5. The lowest BCUT2D eigenvalue weighted by molar-refractivity contribution is -0.160. The molecule has 4 rings (SSSR count). The van der Waals surface area contributed by atoms with E-state index in [1.54, 1.807) is 19.2 Å². The molecule has 0 spiro atoms. The SMILES string of the molecule is CNC(=O)[C@H]1[C@@H]2C[C@@H](CN(CC(=O)Nc3ccc(Cl)cn3)C2)[C@@H]2CCCC(=O)N21. The predicted molar refractivity (Wildman–Crippen MR) is 108 cm³/mol. The Morgan fingerprint density at radius 1 is 1.28 bits per heavy atom. The molecule has 2 N–H and O–H groups in total. The first-order chi connectivity index (χ1) is 14.0. The third kappa shape index (κ3) is 4.09. The second-order valence-electron chi connectivity index (χ2n) is 8.18. The maximum absolute atomic E-state index is 12.6. The number of carbonyl (C=O) groups excluding carboxylic acids is 3. The summed E-state index contributed by atoms with van der Waals surface area (Å²) >= 11 is 5.83.